The summed E-state index contributed by atoms with van der Waals surface area (Å²) >= 11 is 0. The van der Waals surface area contributed by atoms with E-state index in [9.17, 15) is 14.4 Å². The quantitative estimate of drug-likeness (QED) is 0.130. The lowest BCUT2D eigenvalue weighted by atomic mass is 9.93. The summed E-state index contributed by atoms with van der Waals surface area (Å²) in [4.78, 5) is 48.3. The molecule has 3 heterocycles. The lowest BCUT2D eigenvalue weighted by molar-refractivity contribution is -0.118. The van der Waals surface area contributed by atoms with Gasteiger partial charge in [0.2, 0.25) is 5.91 Å². The van der Waals surface area contributed by atoms with Crippen LogP contribution in [0.3, 0.4) is 0 Å². The Hall–Kier alpha value is -5.52. The van der Waals surface area contributed by atoms with E-state index >= 15 is 0 Å². The van der Waals surface area contributed by atoms with Crippen molar-refractivity contribution in [3.63, 3.8) is 0 Å². The van der Waals surface area contributed by atoms with Crippen molar-refractivity contribution in [1.82, 2.24) is 29.6 Å². The average molecular weight is 651 g/mol. The number of nitrogens with one attached hydrogen (secondary N) is 3. The van der Waals surface area contributed by atoms with E-state index in [0.29, 0.717) is 54.0 Å². The third kappa shape index (κ3) is 7.88. The molecule has 3 N–H and O–H groups in total. The molecule has 0 radical (unpaired) electrons. The number of fused-ring (bicyclic) bond motifs is 1. The van der Waals surface area contributed by atoms with Crippen LogP contribution in [0.4, 0.5) is 16.2 Å². The molecule has 3 aromatic heterocycles. The molecule has 48 heavy (non-hydrogen) atoms. The number of hydrogen-bond acceptors (Lipinski definition) is 7. The van der Waals surface area contributed by atoms with Crippen LogP contribution < -0.4 is 26.2 Å². The van der Waals surface area contributed by atoms with Crippen molar-refractivity contribution in [2.45, 2.75) is 66.0 Å². The number of carbonyl (C=O) groups is 2. The van der Waals surface area contributed by atoms with Crippen molar-refractivity contribution in [3.05, 3.63) is 94.9 Å². The largest absolute Gasteiger partial charge is 0.492 e. The Morgan fingerprint density at radius 3 is 2.33 bits per heavy atom. The number of carbonyl (C=O) groups excluding carboxylic acids is 2. The molecular formula is C36H42N8O4. The van der Waals surface area contributed by atoms with Crippen LogP contribution in [0.1, 0.15) is 64.0 Å². The average Bonchev–Trinajstić information content (AvgIpc) is 3.58. The molecule has 2 aromatic carbocycles. The standard InChI is InChI=1S/C36H42N8O4/c1-23(2)28-12-7-13-29(24(3)4)32(28)41-36(47)42-33-31(26-10-6-11-27(20-26)48-19-18-43-22-37-21-40-43)30-14-8-15-39-34(30)44(35(33)46)17-9-16-38-25(5)45/h6-8,10-15,20-24H,9,16-19H2,1-5H3,(H,38,45)(H2,41,42,47). The number of ether oxygens (including phenoxy) is 1. The molecule has 0 atom stereocenters. The molecule has 0 aliphatic rings. The number of hydrogen-bond donors (Lipinski definition) is 3. The van der Waals surface area contributed by atoms with Gasteiger partial charge in [-0.25, -0.2) is 19.4 Å². The molecule has 0 aliphatic carbocycles. The van der Waals surface area contributed by atoms with Gasteiger partial charge in [-0.3, -0.25) is 14.2 Å². The summed E-state index contributed by atoms with van der Waals surface area (Å²) in [5.74, 6) is 0.765. The van der Waals surface area contributed by atoms with Gasteiger partial charge in [0.05, 0.1) is 6.54 Å². The number of rotatable bonds is 13. The molecule has 0 spiro atoms. The number of anilines is 2. The summed E-state index contributed by atoms with van der Waals surface area (Å²) in [6.45, 7) is 11.3. The molecule has 0 saturated heterocycles. The zero-order valence-corrected chi connectivity index (χ0v) is 28.0. The van der Waals surface area contributed by atoms with Crippen LogP contribution in [0, 0.1) is 0 Å². The Bertz CT molecular complexity index is 1920. The zero-order chi connectivity index (χ0) is 34.2. The first kappa shape index (κ1) is 33.8. The normalized spacial score (nSPS) is 11.2. The number of para-hydroxylation sites is 1. The van der Waals surface area contributed by atoms with Gasteiger partial charge in [0.25, 0.3) is 5.56 Å². The second-order valence-corrected chi connectivity index (χ2v) is 12.2. The van der Waals surface area contributed by atoms with Gasteiger partial charge in [-0.1, -0.05) is 58.0 Å². The number of urea groups is 1. The van der Waals surface area contributed by atoms with E-state index in [-0.39, 0.29) is 30.0 Å². The fourth-order valence-corrected chi connectivity index (χ4v) is 5.71. The number of pyridine rings is 2. The fraction of sp³-hybridized carbons (Fsp3) is 0.333. The van der Waals surface area contributed by atoms with Crippen LogP contribution in [-0.4, -0.2) is 49.4 Å². The zero-order valence-electron chi connectivity index (χ0n) is 28.0. The van der Waals surface area contributed by atoms with Gasteiger partial charge < -0.3 is 20.7 Å². The highest BCUT2D eigenvalue weighted by atomic mass is 16.5. The minimum absolute atomic E-state index is 0.111. The third-order valence-electron chi connectivity index (χ3n) is 7.98. The summed E-state index contributed by atoms with van der Waals surface area (Å²) in [6, 6.07) is 16.6. The monoisotopic (exact) mass is 650 g/mol. The number of amides is 3. The van der Waals surface area contributed by atoms with Gasteiger partial charge in [-0.05, 0) is 59.2 Å². The van der Waals surface area contributed by atoms with Gasteiger partial charge in [0.1, 0.15) is 36.3 Å². The van der Waals surface area contributed by atoms with Gasteiger partial charge in [0, 0.05) is 42.8 Å². The number of aromatic nitrogens is 5. The first-order chi connectivity index (χ1) is 23.1. The van der Waals surface area contributed by atoms with Crippen LogP contribution in [-0.2, 0) is 17.9 Å². The van der Waals surface area contributed by atoms with E-state index in [1.165, 1.54) is 13.3 Å². The predicted molar refractivity (Wildman–Crippen MR) is 188 cm³/mol. The number of nitrogens with zero attached hydrogens (tertiary/aromatic N) is 5. The Kier molecular flexibility index (Phi) is 10.8. The van der Waals surface area contributed by atoms with Crippen molar-refractivity contribution < 1.29 is 14.3 Å². The maximum atomic E-state index is 14.4. The Morgan fingerprint density at radius 2 is 1.65 bits per heavy atom. The van der Waals surface area contributed by atoms with E-state index in [1.807, 2.05) is 48.5 Å². The van der Waals surface area contributed by atoms with Crippen LogP contribution in [0.5, 0.6) is 5.75 Å². The lowest BCUT2D eigenvalue weighted by Crippen LogP contribution is -2.31. The number of aryl methyl sites for hydroxylation is 1. The molecular weight excluding hydrogens is 608 g/mol. The van der Waals surface area contributed by atoms with Gasteiger partial charge >= 0.3 is 6.03 Å². The predicted octanol–water partition coefficient (Wildman–Crippen LogP) is 6.15. The van der Waals surface area contributed by atoms with Crippen molar-refractivity contribution in [3.8, 4) is 16.9 Å². The molecule has 0 aliphatic heterocycles. The van der Waals surface area contributed by atoms with Crippen LogP contribution in [0.25, 0.3) is 22.2 Å². The second-order valence-electron chi connectivity index (χ2n) is 12.2. The first-order valence-electron chi connectivity index (χ1n) is 16.2. The first-order valence-corrected chi connectivity index (χ1v) is 16.2. The summed E-state index contributed by atoms with van der Waals surface area (Å²) in [5, 5.41) is 13.6. The maximum absolute atomic E-state index is 14.4. The second kappa shape index (κ2) is 15.4. The molecule has 0 saturated carbocycles. The molecule has 250 valence electrons. The summed E-state index contributed by atoms with van der Waals surface area (Å²) < 4.78 is 9.27. The molecule has 0 bridgehead atoms. The number of benzene rings is 2. The Labute approximate surface area is 279 Å². The minimum Gasteiger partial charge on any atom is -0.492 e. The molecule has 12 nitrogen and oxygen atoms in total. The molecule has 0 unspecified atom stereocenters. The summed E-state index contributed by atoms with van der Waals surface area (Å²) in [5.41, 5.74) is 4.12. The van der Waals surface area contributed by atoms with E-state index in [4.69, 9.17) is 4.74 Å². The molecule has 12 heteroatoms. The van der Waals surface area contributed by atoms with Gasteiger partial charge in [-0.2, -0.15) is 5.10 Å². The maximum Gasteiger partial charge on any atom is 0.323 e. The van der Waals surface area contributed by atoms with Crippen LogP contribution in [0.15, 0.2) is 78.2 Å². The Balaban J connectivity index is 1.58. The third-order valence-corrected chi connectivity index (χ3v) is 7.98. The molecule has 5 rings (SSSR count). The molecule has 0 fully saturated rings. The summed E-state index contributed by atoms with van der Waals surface area (Å²) in [7, 11) is 0. The van der Waals surface area contributed by atoms with E-state index < -0.39 is 11.6 Å². The Morgan fingerprint density at radius 1 is 0.917 bits per heavy atom. The minimum atomic E-state index is -0.531. The summed E-state index contributed by atoms with van der Waals surface area (Å²) in [6.07, 6.45) is 5.22. The highest BCUT2D eigenvalue weighted by Crippen LogP contribution is 2.36. The highest BCUT2D eigenvalue weighted by molar-refractivity contribution is 6.07. The fourth-order valence-electron chi connectivity index (χ4n) is 5.71. The van der Waals surface area contributed by atoms with Crippen molar-refractivity contribution in [2.75, 3.05) is 23.8 Å². The smallest absolute Gasteiger partial charge is 0.323 e. The van der Waals surface area contributed by atoms with Crippen molar-refractivity contribution in [2.24, 2.45) is 0 Å². The van der Waals surface area contributed by atoms with Crippen molar-refractivity contribution in [1.29, 1.82) is 0 Å². The topological polar surface area (TPSA) is 145 Å². The SMILES string of the molecule is CC(=O)NCCCn1c(=O)c(NC(=O)Nc2c(C(C)C)cccc2C(C)C)c(-c2cccc(OCCn3cncn3)c2)c2cccnc21. The van der Waals surface area contributed by atoms with E-state index in [2.05, 4.69) is 58.7 Å². The lowest BCUT2D eigenvalue weighted by Gasteiger charge is -2.22. The van der Waals surface area contributed by atoms with Crippen LogP contribution in [0.2, 0.25) is 0 Å². The molecule has 5 aromatic rings. The van der Waals surface area contributed by atoms with Gasteiger partial charge in [0.15, 0.2) is 0 Å². The molecule has 3 amide bonds. The van der Waals surface area contributed by atoms with Gasteiger partial charge in [-0.15, -0.1) is 0 Å². The van der Waals surface area contributed by atoms with Crippen LogP contribution >= 0.6 is 0 Å². The van der Waals surface area contributed by atoms with E-state index in [1.54, 1.807) is 27.8 Å². The highest BCUT2D eigenvalue weighted by Gasteiger charge is 2.23. The van der Waals surface area contributed by atoms with Crippen molar-refractivity contribution >= 4 is 34.3 Å². The van der Waals surface area contributed by atoms with E-state index in [0.717, 1.165) is 16.8 Å².